The minimum Gasteiger partial charge on any atom is -0.359 e. The molecule has 1 unspecified atom stereocenters. The molecule has 22 heavy (non-hydrogen) atoms. The van der Waals surface area contributed by atoms with E-state index < -0.39 is 5.41 Å². The van der Waals surface area contributed by atoms with Gasteiger partial charge in [-0.3, -0.25) is 9.79 Å². The number of amides is 1. The molecule has 0 spiro atoms. The number of rotatable bonds is 5. The topological polar surface area (TPSA) is 65.5 Å². The van der Waals surface area contributed by atoms with Crippen LogP contribution in [0, 0.1) is 5.41 Å². The summed E-state index contributed by atoms with van der Waals surface area (Å²) in [6.45, 7) is 6.37. The van der Waals surface area contributed by atoms with Gasteiger partial charge in [0, 0.05) is 20.6 Å². The van der Waals surface area contributed by atoms with Gasteiger partial charge in [0.15, 0.2) is 5.96 Å². The first-order valence-corrected chi connectivity index (χ1v) is 7.15. The van der Waals surface area contributed by atoms with E-state index in [2.05, 4.69) is 40.0 Å². The molecule has 1 amide bonds. The normalized spacial score (nSPS) is 12.9. The summed E-state index contributed by atoms with van der Waals surface area (Å²) in [7, 11) is 3.37. The maximum absolute atomic E-state index is 11.8. The zero-order chi connectivity index (χ0) is 15.9. The molecule has 0 aliphatic heterocycles. The van der Waals surface area contributed by atoms with Gasteiger partial charge in [-0.25, -0.2) is 0 Å². The molecule has 0 aliphatic carbocycles. The first kappa shape index (κ1) is 20.7. The molecule has 1 atom stereocenters. The molecule has 5 nitrogen and oxygen atoms in total. The van der Waals surface area contributed by atoms with Crippen LogP contribution in [-0.2, 0) is 4.79 Å². The predicted molar refractivity (Wildman–Crippen MR) is 103 cm³/mol. The summed E-state index contributed by atoms with van der Waals surface area (Å²) in [5.74, 6) is 0.685. The van der Waals surface area contributed by atoms with Gasteiger partial charge in [-0.05, 0) is 26.3 Å². The van der Waals surface area contributed by atoms with Crippen molar-refractivity contribution in [3.8, 4) is 0 Å². The molecule has 1 rings (SSSR count). The highest BCUT2D eigenvalue weighted by Crippen LogP contribution is 2.14. The van der Waals surface area contributed by atoms with E-state index in [4.69, 9.17) is 0 Å². The fourth-order valence-corrected chi connectivity index (χ4v) is 1.95. The van der Waals surface area contributed by atoms with E-state index in [-0.39, 0.29) is 35.9 Å². The third kappa shape index (κ3) is 6.21. The van der Waals surface area contributed by atoms with Crippen LogP contribution in [0.15, 0.2) is 35.3 Å². The number of hydrogen-bond donors (Lipinski definition) is 3. The quantitative estimate of drug-likeness (QED) is 0.391. The summed E-state index contributed by atoms with van der Waals surface area (Å²) in [5.41, 5.74) is 0.688. The number of halogens is 1. The second-order valence-corrected chi connectivity index (χ2v) is 5.67. The first-order valence-electron chi connectivity index (χ1n) is 7.15. The average molecular weight is 418 g/mol. The Balaban J connectivity index is 0.00000441. The van der Waals surface area contributed by atoms with Crippen LogP contribution in [0.4, 0.5) is 0 Å². The molecule has 0 aromatic heterocycles. The third-order valence-electron chi connectivity index (χ3n) is 3.42. The van der Waals surface area contributed by atoms with Crippen molar-refractivity contribution < 1.29 is 4.79 Å². The Labute approximate surface area is 150 Å². The zero-order valence-electron chi connectivity index (χ0n) is 13.9. The van der Waals surface area contributed by atoms with E-state index in [1.54, 1.807) is 14.1 Å². The highest BCUT2D eigenvalue weighted by atomic mass is 127. The lowest BCUT2D eigenvalue weighted by atomic mass is 9.92. The van der Waals surface area contributed by atoms with Gasteiger partial charge in [0.2, 0.25) is 5.91 Å². The van der Waals surface area contributed by atoms with Gasteiger partial charge in [0.25, 0.3) is 0 Å². The Hall–Kier alpha value is -1.31. The Morgan fingerprint density at radius 3 is 2.36 bits per heavy atom. The molecule has 0 saturated heterocycles. The van der Waals surface area contributed by atoms with Gasteiger partial charge in [-0.2, -0.15) is 0 Å². The van der Waals surface area contributed by atoms with Crippen molar-refractivity contribution in [3.63, 3.8) is 0 Å². The molecule has 0 saturated carbocycles. The van der Waals surface area contributed by atoms with Gasteiger partial charge in [0.05, 0.1) is 11.5 Å². The number of aliphatic imine (C=N–C) groups is 1. The lowest BCUT2D eigenvalue weighted by Gasteiger charge is -2.25. The lowest BCUT2D eigenvalue weighted by Crippen LogP contribution is -2.47. The fourth-order valence-electron chi connectivity index (χ4n) is 1.95. The standard InChI is InChI=1S/C16H26N4O.HI/c1-12(13-9-7-6-8-10-13)20-15(18-5)19-11-16(2,3)14(21)17-4;/h6-10,12H,11H2,1-5H3,(H,17,21)(H2,18,19,20);1H. The van der Waals surface area contributed by atoms with E-state index in [0.717, 1.165) is 0 Å². The Morgan fingerprint density at radius 2 is 1.86 bits per heavy atom. The summed E-state index contributed by atoms with van der Waals surface area (Å²) >= 11 is 0. The van der Waals surface area contributed by atoms with Crippen LogP contribution in [0.3, 0.4) is 0 Å². The highest BCUT2D eigenvalue weighted by Gasteiger charge is 2.26. The molecule has 6 heteroatoms. The number of carbonyl (C=O) groups excluding carboxylic acids is 1. The second kappa shape index (κ2) is 9.66. The van der Waals surface area contributed by atoms with Crippen molar-refractivity contribution in [3.05, 3.63) is 35.9 Å². The molecule has 3 N–H and O–H groups in total. The largest absolute Gasteiger partial charge is 0.359 e. The molecular weight excluding hydrogens is 391 g/mol. The van der Waals surface area contributed by atoms with Crippen LogP contribution >= 0.6 is 24.0 Å². The van der Waals surface area contributed by atoms with Gasteiger partial charge >= 0.3 is 0 Å². The van der Waals surface area contributed by atoms with Crippen LogP contribution in [0.1, 0.15) is 32.4 Å². The van der Waals surface area contributed by atoms with Crippen LogP contribution < -0.4 is 16.0 Å². The van der Waals surface area contributed by atoms with Crippen LogP contribution in [0.5, 0.6) is 0 Å². The summed E-state index contributed by atoms with van der Waals surface area (Å²) in [5, 5.41) is 9.20. The molecule has 1 aromatic carbocycles. The van der Waals surface area contributed by atoms with Crippen molar-refractivity contribution in [2.45, 2.75) is 26.8 Å². The van der Waals surface area contributed by atoms with Crippen molar-refractivity contribution in [1.82, 2.24) is 16.0 Å². The van der Waals surface area contributed by atoms with Gasteiger partial charge in [0.1, 0.15) is 0 Å². The maximum atomic E-state index is 11.8. The monoisotopic (exact) mass is 418 g/mol. The van der Waals surface area contributed by atoms with Crippen LogP contribution in [0.2, 0.25) is 0 Å². The second-order valence-electron chi connectivity index (χ2n) is 5.67. The lowest BCUT2D eigenvalue weighted by molar-refractivity contribution is -0.128. The summed E-state index contributed by atoms with van der Waals surface area (Å²) in [6.07, 6.45) is 0. The minimum absolute atomic E-state index is 0. The van der Waals surface area contributed by atoms with E-state index in [1.807, 2.05) is 32.0 Å². The van der Waals surface area contributed by atoms with E-state index in [0.29, 0.717) is 12.5 Å². The molecule has 124 valence electrons. The number of nitrogens with one attached hydrogen (secondary N) is 3. The molecule has 0 fully saturated rings. The molecule has 0 bridgehead atoms. The zero-order valence-corrected chi connectivity index (χ0v) is 16.3. The SMILES string of the molecule is CN=C(NCC(C)(C)C(=O)NC)NC(C)c1ccccc1.I. The van der Waals surface area contributed by atoms with E-state index in [1.165, 1.54) is 5.56 Å². The number of carbonyl (C=O) groups is 1. The number of hydrogen-bond acceptors (Lipinski definition) is 2. The van der Waals surface area contributed by atoms with Crippen molar-refractivity contribution in [2.75, 3.05) is 20.6 Å². The average Bonchev–Trinajstić information content (AvgIpc) is 2.51. The summed E-state index contributed by atoms with van der Waals surface area (Å²) in [6, 6.07) is 10.3. The van der Waals surface area contributed by atoms with Crippen LogP contribution in [0.25, 0.3) is 0 Å². The van der Waals surface area contributed by atoms with Crippen molar-refractivity contribution in [1.29, 1.82) is 0 Å². The summed E-state index contributed by atoms with van der Waals surface area (Å²) < 4.78 is 0. The molecule has 0 aliphatic rings. The van der Waals surface area contributed by atoms with E-state index in [9.17, 15) is 4.79 Å². The fraction of sp³-hybridized carbons (Fsp3) is 0.500. The Bertz CT molecular complexity index is 488. The third-order valence-corrected chi connectivity index (χ3v) is 3.42. The molecular formula is C16H27IN4O. The Kier molecular flexibility index (Phi) is 9.08. The van der Waals surface area contributed by atoms with Crippen LogP contribution in [-0.4, -0.2) is 32.5 Å². The number of benzene rings is 1. The van der Waals surface area contributed by atoms with Gasteiger partial charge in [-0.15, -0.1) is 24.0 Å². The number of nitrogens with zero attached hydrogens (tertiary/aromatic N) is 1. The Morgan fingerprint density at radius 1 is 1.27 bits per heavy atom. The van der Waals surface area contributed by atoms with Gasteiger partial charge in [-0.1, -0.05) is 30.3 Å². The van der Waals surface area contributed by atoms with Gasteiger partial charge < -0.3 is 16.0 Å². The molecule has 0 heterocycles. The molecule has 0 radical (unpaired) electrons. The van der Waals surface area contributed by atoms with Crippen molar-refractivity contribution in [2.24, 2.45) is 10.4 Å². The maximum Gasteiger partial charge on any atom is 0.227 e. The predicted octanol–water partition coefficient (Wildman–Crippen LogP) is 2.30. The van der Waals surface area contributed by atoms with E-state index >= 15 is 0 Å². The first-order chi connectivity index (χ1) is 9.90. The van der Waals surface area contributed by atoms with Crippen molar-refractivity contribution >= 4 is 35.8 Å². The smallest absolute Gasteiger partial charge is 0.227 e. The molecule has 1 aromatic rings. The highest BCUT2D eigenvalue weighted by molar-refractivity contribution is 14.0. The summed E-state index contributed by atoms with van der Waals surface area (Å²) in [4.78, 5) is 16.0. The number of guanidine groups is 1. The minimum atomic E-state index is -0.498.